The molecule has 0 spiro atoms. The highest BCUT2D eigenvalue weighted by Crippen LogP contribution is 2.22. The monoisotopic (exact) mass is 411 g/mol. The summed E-state index contributed by atoms with van der Waals surface area (Å²) in [4.78, 5) is 18.4. The largest absolute Gasteiger partial charge is 0.318 e. The lowest BCUT2D eigenvalue weighted by Crippen LogP contribution is -2.38. The first-order valence-electron chi connectivity index (χ1n) is 10.7. The van der Waals surface area contributed by atoms with Gasteiger partial charge in [0.15, 0.2) is 0 Å². The maximum atomic E-state index is 12.9. The number of likely N-dealkylation sites (tertiary alicyclic amines) is 1. The minimum Gasteiger partial charge on any atom is -0.318 e. The quantitative estimate of drug-likeness (QED) is 0.555. The molecule has 0 N–H and O–H groups in total. The van der Waals surface area contributed by atoms with Crippen molar-refractivity contribution in [1.29, 1.82) is 0 Å². The smallest absolute Gasteiger partial charge is 0.227 e. The van der Waals surface area contributed by atoms with Gasteiger partial charge in [0.25, 0.3) is 0 Å². The summed E-state index contributed by atoms with van der Waals surface area (Å²) in [6.45, 7) is 11.0. The van der Waals surface area contributed by atoms with Crippen molar-refractivity contribution >= 4 is 15.6 Å². The summed E-state index contributed by atoms with van der Waals surface area (Å²) >= 11 is 0. The van der Waals surface area contributed by atoms with E-state index in [2.05, 4.69) is 30.7 Å². The fourth-order valence-corrected chi connectivity index (χ4v) is 5.34. The van der Waals surface area contributed by atoms with E-state index in [0.29, 0.717) is 25.4 Å². The van der Waals surface area contributed by atoms with Gasteiger partial charge in [-0.15, -0.1) is 0 Å². The number of sulfone groups is 1. The van der Waals surface area contributed by atoms with E-state index in [1.165, 1.54) is 0 Å². The van der Waals surface area contributed by atoms with Gasteiger partial charge in [-0.05, 0) is 51.5 Å². The molecule has 1 fully saturated rings. The van der Waals surface area contributed by atoms with Crippen LogP contribution in [0.15, 0.2) is 11.4 Å². The van der Waals surface area contributed by atoms with Gasteiger partial charge in [0, 0.05) is 25.6 Å². The Morgan fingerprint density at radius 1 is 1.32 bits per heavy atom. The van der Waals surface area contributed by atoms with Crippen LogP contribution in [0.1, 0.15) is 71.9 Å². The van der Waals surface area contributed by atoms with Crippen LogP contribution in [0.25, 0.3) is 0 Å². The SMILES string of the molecule is CCCCn1c(CN2CCC[C@H](C(C)=O)C2)cnc1S(=O)(=O)CCCC(C)C. The molecule has 7 heteroatoms. The number of unbranched alkanes of at least 4 members (excludes halogenated alkanes) is 1. The second kappa shape index (κ2) is 10.5. The molecule has 28 heavy (non-hydrogen) atoms. The Kier molecular flexibility index (Phi) is 8.68. The average molecular weight is 412 g/mol. The fourth-order valence-electron chi connectivity index (χ4n) is 3.85. The van der Waals surface area contributed by atoms with E-state index in [4.69, 9.17) is 0 Å². The summed E-state index contributed by atoms with van der Waals surface area (Å²) in [6.07, 6.45) is 7.19. The van der Waals surface area contributed by atoms with Gasteiger partial charge < -0.3 is 4.57 Å². The van der Waals surface area contributed by atoms with Crippen LogP contribution in [-0.2, 0) is 27.7 Å². The summed E-state index contributed by atoms with van der Waals surface area (Å²) in [5.41, 5.74) is 0.945. The van der Waals surface area contributed by atoms with Crippen molar-refractivity contribution in [2.45, 2.75) is 84.5 Å². The molecule has 160 valence electrons. The van der Waals surface area contributed by atoms with Crippen LogP contribution < -0.4 is 0 Å². The number of Topliss-reactive ketones (excluding diaryl/α,β-unsaturated/α-hetero) is 1. The van der Waals surface area contributed by atoms with Crippen molar-refractivity contribution in [1.82, 2.24) is 14.5 Å². The number of carbonyl (C=O) groups is 1. The van der Waals surface area contributed by atoms with Gasteiger partial charge in [-0.3, -0.25) is 9.69 Å². The number of imidazole rings is 1. The minimum atomic E-state index is -3.38. The Morgan fingerprint density at radius 2 is 2.07 bits per heavy atom. The van der Waals surface area contributed by atoms with Crippen molar-refractivity contribution in [2.24, 2.45) is 11.8 Å². The van der Waals surface area contributed by atoms with Gasteiger partial charge in [0.1, 0.15) is 5.78 Å². The number of piperidine rings is 1. The first kappa shape index (κ1) is 23.1. The average Bonchev–Trinajstić information content (AvgIpc) is 3.03. The molecule has 0 aliphatic carbocycles. The number of aromatic nitrogens is 2. The van der Waals surface area contributed by atoms with Gasteiger partial charge in [-0.25, -0.2) is 13.4 Å². The first-order chi connectivity index (χ1) is 13.2. The molecule has 1 aliphatic rings. The lowest BCUT2D eigenvalue weighted by molar-refractivity contribution is -0.122. The third-order valence-corrected chi connectivity index (χ3v) is 7.28. The molecule has 2 rings (SSSR count). The topological polar surface area (TPSA) is 72.3 Å². The molecular weight excluding hydrogens is 374 g/mol. The van der Waals surface area contributed by atoms with Crippen molar-refractivity contribution in [2.75, 3.05) is 18.8 Å². The van der Waals surface area contributed by atoms with Gasteiger partial charge in [-0.2, -0.15) is 0 Å². The molecule has 1 saturated heterocycles. The van der Waals surface area contributed by atoms with E-state index in [9.17, 15) is 13.2 Å². The normalized spacial score (nSPS) is 18.7. The second-order valence-corrected chi connectivity index (χ2v) is 10.6. The summed E-state index contributed by atoms with van der Waals surface area (Å²) in [5, 5.41) is 0.222. The molecule has 2 heterocycles. The maximum absolute atomic E-state index is 12.9. The molecule has 1 aromatic heterocycles. The maximum Gasteiger partial charge on any atom is 0.227 e. The van der Waals surface area contributed by atoms with E-state index in [1.54, 1.807) is 13.1 Å². The zero-order valence-corrected chi connectivity index (χ0v) is 18.8. The highest BCUT2D eigenvalue weighted by Gasteiger charge is 2.27. The van der Waals surface area contributed by atoms with Crippen LogP contribution >= 0.6 is 0 Å². The van der Waals surface area contributed by atoms with E-state index in [1.807, 2.05) is 4.57 Å². The molecule has 1 aliphatic heterocycles. The molecule has 0 saturated carbocycles. The molecule has 0 amide bonds. The van der Waals surface area contributed by atoms with E-state index < -0.39 is 9.84 Å². The summed E-state index contributed by atoms with van der Waals surface area (Å²) < 4.78 is 27.7. The van der Waals surface area contributed by atoms with Crippen LogP contribution in [0.2, 0.25) is 0 Å². The Balaban J connectivity index is 2.17. The number of hydrogen-bond acceptors (Lipinski definition) is 5. The Morgan fingerprint density at radius 3 is 2.71 bits per heavy atom. The minimum absolute atomic E-state index is 0.0972. The van der Waals surface area contributed by atoms with Crippen LogP contribution in [0.4, 0.5) is 0 Å². The van der Waals surface area contributed by atoms with Crippen LogP contribution in [0.5, 0.6) is 0 Å². The number of nitrogens with zero attached hydrogens (tertiary/aromatic N) is 3. The summed E-state index contributed by atoms with van der Waals surface area (Å²) in [7, 11) is -3.38. The van der Waals surface area contributed by atoms with Crippen molar-refractivity contribution in [3.8, 4) is 0 Å². The predicted octanol–water partition coefficient (Wildman–Crippen LogP) is 3.69. The zero-order chi connectivity index (χ0) is 20.7. The third-order valence-electron chi connectivity index (χ3n) is 5.58. The number of hydrogen-bond donors (Lipinski definition) is 0. The van der Waals surface area contributed by atoms with Crippen molar-refractivity contribution in [3.63, 3.8) is 0 Å². The molecule has 0 bridgehead atoms. The van der Waals surface area contributed by atoms with Crippen LogP contribution in [0, 0.1) is 11.8 Å². The predicted molar refractivity (Wildman–Crippen MR) is 112 cm³/mol. The Bertz CT molecular complexity index is 740. The molecule has 0 unspecified atom stereocenters. The molecule has 1 aromatic rings. The van der Waals surface area contributed by atoms with Crippen LogP contribution in [0.3, 0.4) is 0 Å². The molecule has 6 nitrogen and oxygen atoms in total. The highest BCUT2D eigenvalue weighted by atomic mass is 32.2. The third kappa shape index (κ3) is 6.41. The standard InChI is InChI=1S/C21H37N3O3S/c1-5-6-12-24-20(16-23-11-7-10-19(15-23)18(4)25)14-22-21(24)28(26,27)13-8-9-17(2)3/h14,17,19H,5-13,15-16H2,1-4H3/t19-/m0/s1. The van der Waals surface area contributed by atoms with Crippen LogP contribution in [-0.4, -0.2) is 47.5 Å². The highest BCUT2D eigenvalue weighted by molar-refractivity contribution is 7.91. The zero-order valence-electron chi connectivity index (χ0n) is 18.0. The van der Waals surface area contributed by atoms with Gasteiger partial charge in [-0.1, -0.05) is 27.2 Å². The second-order valence-electron chi connectivity index (χ2n) is 8.58. The Labute approximate surface area is 170 Å². The Hall–Kier alpha value is -1.21. The van der Waals surface area contributed by atoms with Gasteiger partial charge in [0.2, 0.25) is 15.0 Å². The molecule has 0 aromatic carbocycles. The first-order valence-corrected chi connectivity index (χ1v) is 12.4. The van der Waals surface area contributed by atoms with Crippen molar-refractivity contribution < 1.29 is 13.2 Å². The van der Waals surface area contributed by atoms with E-state index >= 15 is 0 Å². The number of carbonyl (C=O) groups excluding carboxylic acids is 1. The van der Waals surface area contributed by atoms with Crippen molar-refractivity contribution in [3.05, 3.63) is 11.9 Å². The lowest BCUT2D eigenvalue weighted by Gasteiger charge is -2.31. The molecular formula is C21H37N3O3S. The van der Waals surface area contributed by atoms with Gasteiger partial charge in [0.05, 0.1) is 17.6 Å². The van der Waals surface area contributed by atoms with Gasteiger partial charge >= 0.3 is 0 Å². The summed E-state index contributed by atoms with van der Waals surface area (Å²) in [5.74, 6) is 1.00. The number of ketones is 1. The summed E-state index contributed by atoms with van der Waals surface area (Å²) in [6, 6.07) is 0. The molecule has 0 radical (unpaired) electrons. The lowest BCUT2D eigenvalue weighted by atomic mass is 9.94. The molecule has 1 atom stereocenters. The van der Waals surface area contributed by atoms with E-state index in [0.717, 1.165) is 50.9 Å². The fraction of sp³-hybridized carbons (Fsp3) is 0.810. The van der Waals surface area contributed by atoms with E-state index in [-0.39, 0.29) is 22.6 Å². The number of rotatable bonds is 11.